The molecule has 3 N–H and O–H groups in total. The summed E-state index contributed by atoms with van der Waals surface area (Å²) in [6.45, 7) is 0.450. The highest BCUT2D eigenvalue weighted by atomic mass is 16.5. The molecule has 8 heteroatoms. The lowest BCUT2D eigenvalue weighted by molar-refractivity contribution is -0.122. The van der Waals surface area contributed by atoms with Crippen molar-refractivity contribution in [2.75, 3.05) is 27.8 Å². The van der Waals surface area contributed by atoms with Crippen LogP contribution in [0.25, 0.3) is 0 Å². The van der Waals surface area contributed by atoms with E-state index in [1.165, 1.54) is 21.3 Å². The molecule has 0 aromatic rings. The summed E-state index contributed by atoms with van der Waals surface area (Å²) in [6.07, 6.45) is 0.645. The molecule has 3 amide bonds. The first kappa shape index (κ1) is 17.0. The van der Waals surface area contributed by atoms with E-state index in [0.717, 1.165) is 0 Å². The summed E-state index contributed by atoms with van der Waals surface area (Å²) < 4.78 is 8.86. The Labute approximate surface area is 112 Å². The molecule has 0 saturated carbocycles. The zero-order chi connectivity index (χ0) is 14.7. The Morgan fingerprint density at radius 2 is 1.68 bits per heavy atom. The van der Waals surface area contributed by atoms with E-state index in [9.17, 15) is 14.4 Å². The molecule has 0 aliphatic rings. The normalized spacial score (nSPS) is 11.1. The number of nitrogens with one attached hydrogen (secondary N) is 3. The number of likely N-dealkylation sites (N-methyl/N-ethyl adjacent to an activating group) is 1. The number of carbonyl (C=O) groups is 3. The minimum Gasteiger partial charge on any atom is -0.453 e. The SMILES string of the molecule is CNC(=O)C(CCCCNC(=O)OC)NC(=O)OC. The Balaban J connectivity index is 3.96. The highest BCUT2D eigenvalue weighted by Crippen LogP contribution is 2.01. The van der Waals surface area contributed by atoms with Crippen molar-refractivity contribution in [2.45, 2.75) is 25.3 Å². The van der Waals surface area contributed by atoms with Gasteiger partial charge in [-0.25, -0.2) is 9.59 Å². The minimum atomic E-state index is -0.652. The number of ether oxygens (including phenoxy) is 2. The average Bonchev–Trinajstić information content (AvgIpc) is 2.43. The van der Waals surface area contributed by atoms with Gasteiger partial charge in [0.2, 0.25) is 5.91 Å². The lowest BCUT2D eigenvalue weighted by atomic mass is 10.1. The van der Waals surface area contributed by atoms with Gasteiger partial charge in [0.05, 0.1) is 14.2 Å². The third-order valence-electron chi connectivity index (χ3n) is 2.41. The number of hydrogen-bond acceptors (Lipinski definition) is 5. The Bertz CT molecular complexity index is 309. The highest BCUT2D eigenvalue weighted by molar-refractivity contribution is 5.85. The van der Waals surface area contributed by atoms with Gasteiger partial charge in [0.1, 0.15) is 6.04 Å². The highest BCUT2D eigenvalue weighted by Gasteiger charge is 2.19. The molecule has 0 aromatic heterocycles. The molecule has 1 atom stereocenters. The van der Waals surface area contributed by atoms with E-state index < -0.39 is 18.2 Å². The molecule has 0 aliphatic carbocycles. The van der Waals surface area contributed by atoms with Crippen molar-refractivity contribution < 1.29 is 23.9 Å². The summed E-state index contributed by atoms with van der Waals surface area (Å²) in [4.78, 5) is 33.4. The van der Waals surface area contributed by atoms with Crippen LogP contribution in [-0.4, -0.2) is 51.9 Å². The Hall–Kier alpha value is -1.99. The minimum absolute atomic E-state index is 0.286. The molecule has 0 fully saturated rings. The number of amides is 3. The van der Waals surface area contributed by atoms with Gasteiger partial charge in [-0.15, -0.1) is 0 Å². The van der Waals surface area contributed by atoms with Crippen molar-refractivity contribution in [3.63, 3.8) is 0 Å². The van der Waals surface area contributed by atoms with E-state index in [2.05, 4.69) is 25.4 Å². The average molecular weight is 275 g/mol. The molecule has 110 valence electrons. The first-order valence-electron chi connectivity index (χ1n) is 5.93. The number of rotatable bonds is 7. The van der Waals surface area contributed by atoms with Crippen molar-refractivity contribution >= 4 is 18.1 Å². The van der Waals surface area contributed by atoms with Gasteiger partial charge in [-0.3, -0.25) is 4.79 Å². The van der Waals surface area contributed by atoms with Crippen LogP contribution in [0.4, 0.5) is 9.59 Å². The van der Waals surface area contributed by atoms with Gasteiger partial charge in [-0.05, 0) is 19.3 Å². The van der Waals surface area contributed by atoms with E-state index in [4.69, 9.17) is 0 Å². The topological polar surface area (TPSA) is 106 Å². The molecule has 1 unspecified atom stereocenters. The number of methoxy groups -OCH3 is 2. The lowest BCUT2D eigenvalue weighted by Gasteiger charge is -2.16. The smallest absolute Gasteiger partial charge is 0.407 e. The first-order valence-corrected chi connectivity index (χ1v) is 5.93. The van der Waals surface area contributed by atoms with E-state index in [1.54, 1.807) is 0 Å². The zero-order valence-electron chi connectivity index (χ0n) is 11.4. The van der Waals surface area contributed by atoms with Gasteiger partial charge in [0, 0.05) is 13.6 Å². The molecular weight excluding hydrogens is 254 g/mol. The van der Waals surface area contributed by atoms with Crippen LogP contribution in [0.3, 0.4) is 0 Å². The van der Waals surface area contributed by atoms with Crippen LogP contribution in [0.2, 0.25) is 0 Å². The summed E-state index contributed by atoms with van der Waals surface area (Å²) in [5.41, 5.74) is 0. The van der Waals surface area contributed by atoms with Crippen molar-refractivity contribution in [3.05, 3.63) is 0 Å². The number of unbranched alkanes of at least 4 members (excludes halogenated alkanes) is 1. The quantitative estimate of drug-likeness (QED) is 0.566. The summed E-state index contributed by atoms with van der Waals surface area (Å²) in [5.74, 6) is -0.286. The Kier molecular flexibility index (Phi) is 8.94. The third kappa shape index (κ3) is 7.85. The van der Waals surface area contributed by atoms with Crippen LogP contribution in [0.1, 0.15) is 19.3 Å². The van der Waals surface area contributed by atoms with Crippen LogP contribution < -0.4 is 16.0 Å². The van der Waals surface area contributed by atoms with Gasteiger partial charge in [0.15, 0.2) is 0 Å². The van der Waals surface area contributed by atoms with E-state index in [0.29, 0.717) is 25.8 Å². The molecule has 0 aromatic carbocycles. The van der Waals surface area contributed by atoms with Crippen LogP contribution in [0.5, 0.6) is 0 Å². The summed E-state index contributed by atoms with van der Waals surface area (Å²) in [5, 5.41) is 7.43. The fourth-order valence-corrected chi connectivity index (χ4v) is 1.38. The van der Waals surface area contributed by atoms with Gasteiger partial charge in [-0.1, -0.05) is 0 Å². The lowest BCUT2D eigenvalue weighted by Crippen LogP contribution is -2.45. The van der Waals surface area contributed by atoms with Crippen LogP contribution in [0, 0.1) is 0 Å². The molecular formula is C11H21N3O5. The Morgan fingerprint density at radius 3 is 2.21 bits per heavy atom. The molecule has 0 rings (SSSR count). The zero-order valence-corrected chi connectivity index (χ0v) is 11.4. The largest absolute Gasteiger partial charge is 0.453 e. The van der Waals surface area contributed by atoms with E-state index >= 15 is 0 Å². The van der Waals surface area contributed by atoms with Crippen molar-refractivity contribution in [2.24, 2.45) is 0 Å². The van der Waals surface area contributed by atoms with Crippen molar-refractivity contribution in [1.29, 1.82) is 0 Å². The maximum atomic E-state index is 11.5. The second-order valence-electron chi connectivity index (χ2n) is 3.72. The Morgan fingerprint density at radius 1 is 1.05 bits per heavy atom. The van der Waals surface area contributed by atoms with Crippen molar-refractivity contribution in [3.8, 4) is 0 Å². The molecule has 0 aliphatic heterocycles. The maximum Gasteiger partial charge on any atom is 0.407 e. The predicted molar refractivity (Wildman–Crippen MR) is 67.7 cm³/mol. The number of alkyl carbamates (subject to hydrolysis) is 2. The predicted octanol–water partition coefficient (Wildman–Crippen LogP) is -0.0167. The molecule has 0 saturated heterocycles. The van der Waals surface area contributed by atoms with Crippen LogP contribution in [0.15, 0.2) is 0 Å². The summed E-state index contributed by atoms with van der Waals surface area (Å²) in [7, 11) is 4.01. The molecule has 0 bridgehead atoms. The van der Waals surface area contributed by atoms with Crippen molar-refractivity contribution in [1.82, 2.24) is 16.0 Å². The molecule has 19 heavy (non-hydrogen) atoms. The van der Waals surface area contributed by atoms with Gasteiger partial charge in [-0.2, -0.15) is 0 Å². The van der Waals surface area contributed by atoms with Gasteiger partial charge < -0.3 is 25.4 Å². The fourth-order valence-electron chi connectivity index (χ4n) is 1.38. The third-order valence-corrected chi connectivity index (χ3v) is 2.41. The van der Waals surface area contributed by atoms with Crippen LogP contribution >= 0.6 is 0 Å². The number of carbonyl (C=O) groups excluding carboxylic acids is 3. The summed E-state index contributed by atoms with van der Waals surface area (Å²) in [6, 6.07) is -0.643. The maximum absolute atomic E-state index is 11.5. The fraction of sp³-hybridized carbons (Fsp3) is 0.727. The molecule has 0 spiro atoms. The number of hydrogen-bond donors (Lipinski definition) is 3. The van der Waals surface area contributed by atoms with E-state index in [1.807, 2.05) is 0 Å². The monoisotopic (exact) mass is 275 g/mol. The molecule has 8 nitrogen and oxygen atoms in total. The first-order chi connectivity index (χ1) is 9.04. The van der Waals surface area contributed by atoms with E-state index in [-0.39, 0.29) is 5.91 Å². The summed E-state index contributed by atoms with van der Waals surface area (Å²) >= 11 is 0. The van der Waals surface area contributed by atoms with Gasteiger partial charge in [0.25, 0.3) is 0 Å². The second kappa shape index (κ2) is 9.98. The van der Waals surface area contributed by atoms with Gasteiger partial charge >= 0.3 is 12.2 Å². The standard InChI is InChI=1S/C11H21N3O5/c1-12-9(15)8(14-11(17)19-3)6-4-5-7-13-10(16)18-2/h8H,4-7H2,1-3H3,(H,12,15)(H,13,16)(H,14,17). The molecule has 0 radical (unpaired) electrons. The second-order valence-corrected chi connectivity index (χ2v) is 3.72. The van der Waals surface area contributed by atoms with Crippen LogP contribution in [-0.2, 0) is 14.3 Å². The molecule has 0 heterocycles.